The Morgan fingerprint density at radius 2 is 0.988 bits per heavy atom. The Labute approximate surface area is 470 Å². The zero-order valence-electron chi connectivity index (χ0n) is 46.6. The van der Waals surface area contributed by atoms with Crippen LogP contribution in [-0.2, 0) is 59.2 Å². The van der Waals surface area contributed by atoms with Gasteiger partial charge in [-0.05, 0) is 42.9 Å². The molecule has 0 unspecified atom stereocenters. The summed E-state index contributed by atoms with van der Waals surface area (Å²) in [7, 11) is 0. The highest BCUT2D eigenvalue weighted by atomic mass is 32.1. The molecule has 30 nitrogen and oxygen atoms in total. The first-order valence-corrected chi connectivity index (χ1v) is 27.0. The Balaban J connectivity index is 3.48. The number of rotatable bonds is 38. The van der Waals surface area contributed by atoms with Gasteiger partial charge in [-0.3, -0.25) is 52.9 Å². The van der Waals surface area contributed by atoms with Gasteiger partial charge in [-0.1, -0.05) is 74.7 Å². The number of nitrogens with one attached hydrogen (secondary N) is 10. The number of nitrogens with zero attached hydrogens (tertiary/aromatic N) is 2. The van der Waals surface area contributed by atoms with E-state index in [-0.39, 0.29) is 56.3 Å². The van der Waals surface area contributed by atoms with E-state index in [1.54, 1.807) is 55.4 Å². The van der Waals surface area contributed by atoms with Crippen LogP contribution in [-0.4, -0.2) is 187 Å². The summed E-state index contributed by atoms with van der Waals surface area (Å²) >= 11 is 4.04. The molecular weight excluding hydrogens is 1070 g/mol. The summed E-state index contributed by atoms with van der Waals surface area (Å²) in [5, 5.41) is 62.0. The van der Waals surface area contributed by atoms with Crippen molar-refractivity contribution in [1.82, 2.24) is 57.8 Å². The maximum atomic E-state index is 14.1. The molecule has 0 radical (unpaired) electrons. The first-order valence-electron chi connectivity index (χ1n) is 26.4. The average Bonchev–Trinajstić information content (AvgIpc) is 3.93. The first kappa shape index (κ1) is 70.9. The number of guanidine groups is 1. The third-order valence-corrected chi connectivity index (χ3v) is 13.5. The van der Waals surface area contributed by atoms with E-state index in [0.717, 1.165) is 0 Å². The van der Waals surface area contributed by atoms with Gasteiger partial charge in [0.05, 0.1) is 32.0 Å². The van der Waals surface area contributed by atoms with Gasteiger partial charge in [0.2, 0.25) is 53.2 Å². The van der Waals surface area contributed by atoms with Crippen LogP contribution in [0.1, 0.15) is 106 Å². The number of aromatic amines is 1. The molecule has 1 rings (SSSR count). The van der Waals surface area contributed by atoms with Crippen molar-refractivity contribution < 1.29 is 73.2 Å². The zero-order chi connectivity index (χ0) is 61.0. The van der Waals surface area contributed by atoms with Crippen LogP contribution in [0.15, 0.2) is 17.5 Å². The predicted octanol–water partition coefficient (Wildman–Crippen LogP) is -4.65. The van der Waals surface area contributed by atoms with Gasteiger partial charge in [0.25, 0.3) is 0 Å². The summed E-state index contributed by atoms with van der Waals surface area (Å²) in [6, 6.07) is -14.9. The van der Waals surface area contributed by atoms with Crippen molar-refractivity contribution in [2.45, 2.75) is 167 Å². The minimum Gasteiger partial charge on any atom is -0.481 e. The molecule has 0 spiro atoms. The minimum absolute atomic E-state index is 0.00274. The Bertz CT molecular complexity index is 2250. The largest absolute Gasteiger partial charge is 0.481 e. The molecule has 0 saturated carbocycles. The van der Waals surface area contributed by atoms with Crippen LogP contribution in [0.2, 0.25) is 0 Å². The second-order valence-electron chi connectivity index (χ2n) is 19.9. The number of aliphatic hydroxyl groups is 2. The minimum atomic E-state index is -1.93. The number of imidazole rings is 1. The summed E-state index contributed by atoms with van der Waals surface area (Å²) in [6.45, 7) is 11.4. The number of amides is 9. The molecule has 0 aliphatic carbocycles. The number of carbonyl (C=O) groups excluding carboxylic acids is 9. The zero-order valence-corrected chi connectivity index (χ0v) is 47.5. The molecule has 0 aromatic carbocycles. The van der Waals surface area contributed by atoms with Gasteiger partial charge < -0.3 is 90.5 Å². The fraction of sp³-hybridized carbons (Fsp3) is 0.694. The predicted molar refractivity (Wildman–Crippen MR) is 293 cm³/mol. The monoisotopic (exact) mass is 1160 g/mol. The number of nitrogens with two attached hydrogens (primary N) is 3. The van der Waals surface area contributed by atoms with Crippen molar-refractivity contribution in [2.24, 2.45) is 45.9 Å². The summed E-state index contributed by atoms with van der Waals surface area (Å²) in [5.74, 6) is -14.0. The maximum Gasteiger partial charge on any atom is 0.326 e. The Morgan fingerprint density at radius 1 is 0.588 bits per heavy atom. The number of hydrogen-bond acceptors (Lipinski definition) is 17. The van der Waals surface area contributed by atoms with Crippen molar-refractivity contribution in [2.75, 3.05) is 25.5 Å². The van der Waals surface area contributed by atoms with Gasteiger partial charge in [0.15, 0.2) is 5.96 Å². The number of carboxylic acids is 2. The van der Waals surface area contributed by atoms with E-state index in [0.29, 0.717) is 18.5 Å². The number of carbonyl (C=O) groups is 11. The molecule has 452 valence electrons. The van der Waals surface area contributed by atoms with Crippen molar-refractivity contribution in [3.05, 3.63) is 18.2 Å². The van der Waals surface area contributed by atoms with Gasteiger partial charge in [0, 0.05) is 30.6 Å². The summed E-state index contributed by atoms with van der Waals surface area (Å²) in [5.41, 5.74) is 17.1. The summed E-state index contributed by atoms with van der Waals surface area (Å²) in [6.07, 6.45) is 2.05. The van der Waals surface area contributed by atoms with Crippen LogP contribution in [0.4, 0.5) is 0 Å². The van der Waals surface area contributed by atoms with Crippen molar-refractivity contribution in [1.29, 1.82) is 0 Å². The summed E-state index contributed by atoms with van der Waals surface area (Å²) in [4.78, 5) is 158. The molecule has 1 aromatic rings. The lowest BCUT2D eigenvalue weighted by atomic mass is 9.94. The quantitative estimate of drug-likeness (QED) is 0.0128. The number of H-pyrrole nitrogens is 1. The topological polar surface area (TPSA) is 496 Å². The number of aromatic nitrogens is 2. The normalized spacial score (nSPS) is 16.1. The van der Waals surface area contributed by atoms with Gasteiger partial charge in [-0.15, -0.1) is 0 Å². The van der Waals surface area contributed by atoms with Crippen LogP contribution in [0, 0.1) is 23.7 Å². The maximum absolute atomic E-state index is 14.1. The Morgan fingerprint density at radius 3 is 1.40 bits per heavy atom. The lowest BCUT2D eigenvalue weighted by Gasteiger charge is -2.30. The molecular formula is C49H85N15O15S. The average molecular weight is 1160 g/mol. The number of thiol groups is 1. The number of hydrogen-bond donors (Lipinski definition) is 18. The third kappa shape index (κ3) is 24.5. The Hall–Kier alpha value is -7.12. The van der Waals surface area contributed by atoms with E-state index >= 15 is 0 Å². The molecule has 1 heterocycles. The number of carboxylic acid groups (broad SMARTS) is 2. The first-order chi connectivity index (χ1) is 37.6. The number of aliphatic carboxylic acids is 2. The van der Waals surface area contributed by atoms with Crippen LogP contribution in [0.3, 0.4) is 0 Å². The van der Waals surface area contributed by atoms with Crippen LogP contribution in [0.25, 0.3) is 0 Å². The van der Waals surface area contributed by atoms with Crippen molar-refractivity contribution in [3.63, 3.8) is 0 Å². The van der Waals surface area contributed by atoms with E-state index in [1.807, 2.05) is 0 Å². The van der Waals surface area contributed by atoms with Crippen molar-refractivity contribution in [3.8, 4) is 0 Å². The molecule has 20 N–H and O–H groups in total. The molecule has 9 amide bonds. The van der Waals surface area contributed by atoms with Gasteiger partial charge in [-0.25, -0.2) is 9.78 Å². The molecule has 0 aliphatic rings. The van der Waals surface area contributed by atoms with Gasteiger partial charge in [0.1, 0.15) is 54.4 Å². The standard InChI is InChI=1S/C49H85N15O15S/c1-9-24(6)36(45(75)61-34(20-66)44(74)59-32(48(78)79)16-27-18-53-22-55-27)63-42(72)30(15-23(4)5)57-41(71)31(17-35(67)68)58-40(70)29(13-12-14-54-49(51)52)56-43(73)33(19-65)60-46(76)37(25(7)10-2)64-47(77)38(26(8)11-3)62-39(69)28(50)21-80/h18,22-26,28-34,36-38,65-66,80H,9-17,19-21,50H2,1-8H3,(H,53,55)(H,56,73)(H,57,71)(H,58,70)(H,59,74)(H,60,76)(H,61,75)(H,62,69)(H,63,72)(H,64,77)(H,67,68)(H,78,79)(H4,51,52,54)/t24-,25-,26-,28-,29-,30-,31-,32-,33-,34-,36-,37-,38-/m0/s1. The van der Waals surface area contributed by atoms with Crippen molar-refractivity contribution >= 4 is 83.7 Å². The fourth-order valence-corrected chi connectivity index (χ4v) is 7.79. The van der Waals surface area contributed by atoms with Crippen LogP contribution in [0.5, 0.6) is 0 Å². The molecule has 0 fully saturated rings. The fourth-order valence-electron chi connectivity index (χ4n) is 7.62. The Kier molecular flexibility index (Phi) is 32.1. The second kappa shape index (κ2) is 36.2. The van der Waals surface area contributed by atoms with E-state index in [2.05, 4.69) is 75.4 Å². The number of aliphatic hydroxyl groups excluding tert-OH is 2. The molecule has 0 aliphatic heterocycles. The van der Waals surface area contributed by atoms with Crippen LogP contribution < -0.4 is 65.1 Å². The van der Waals surface area contributed by atoms with E-state index < -0.39 is 163 Å². The molecule has 0 saturated heterocycles. The third-order valence-electron chi connectivity index (χ3n) is 13.1. The highest BCUT2D eigenvalue weighted by molar-refractivity contribution is 7.80. The van der Waals surface area contributed by atoms with E-state index in [1.165, 1.54) is 12.5 Å². The molecule has 80 heavy (non-hydrogen) atoms. The smallest absolute Gasteiger partial charge is 0.326 e. The van der Waals surface area contributed by atoms with E-state index in [9.17, 15) is 73.2 Å². The van der Waals surface area contributed by atoms with Gasteiger partial charge >= 0.3 is 11.9 Å². The molecule has 13 atom stereocenters. The highest BCUT2D eigenvalue weighted by Gasteiger charge is 2.38. The number of aliphatic imine (C=N–C) groups is 1. The van der Waals surface area contributed by atoms with Gasteiger partial charge in [-0.2, -0.15) is 12.6 Å². The molecule has 0 bridgehead atoms. The molecule has 1 aromatic heterocycles. The second-order valence-corrected chi connectivity index (χ2v) is 20.3. The lowest BCUT2D eigenvalue weighted by molar-refractivity contribution is -0.143. The van der Waals surface area contributed by atoms with E-state index in [4.69, 9.17) is 17.2 Å². The lowest BCUT2D eigenvalue weighted by Crippen LogP contribution is -2.62. The molecule has 31 heteroatoms. The van der Waals surface area contributed by atoms with Crippen LogP contribution >= 0.6 is 12.6 Å². The SMILES string of the molecule is CC[C@H](C)[C@H](NC(=O)[C@H](CC(C)C)NC(=O)[C@H](CC(=O)O)NC(=O)[C@H](CCCN=C(N)N)NC(=O)[C@H](CO)NC(=O)[C@@H](NC(=O)[C@@H](NC(=O)[C@@H](N)CS)[C@@H](C)CC)[C@@H](C)CC)C(=O)N[C@@H](CO)C(=O)N[C@@H](Cc1cnc[nH]1)C(=O)O. The summed E-state index contributed by atoms with van der Waals surface area (Å²) < 4.78 is 0. The highest BCUT2D eigenvalue weighted by Crippen LogP contribution is 2.15.